The number of rotatable bonds is 3. The summed E-state index contributed by atoms with van der Waals surface area (Å²) in [6, 6.07) is 4.08. The molecule has 1 amide bonds. The smallest absolute Gasteiger partial charge is 0.252 e. The minimum atomic E-state index is -0.413. The highest BCUT2D eigenvalue weighted by Crippen LogP contribution is 2.17. The second-order valence-electron chi connectivity index (χ2n) is 4.12. The first-order chi connectivity index (χ1) is 8.66. The number of halogens is 2. The van der Waals surface area contributed by atoms with Crippen molar-refractivity contribution in [2.24, 2.45) is 0 Å². The van der Waals surface area contributed by atoms with Gasteiger partial charge in [0, 0.05) is 17.6 Å². The maximum absolute atomic E-state index is 13.1. The Hall–Kier alpha value is -1.20. The quantitative estimate of drug-likeness (QED) is 0.840. The first kappa shape index (κ1) is 13.2. The fraction of sp³-hybridized carbons (Fsp3) is 0.308. The molecule has 0 aromatic heterocycles. The van der Waals surface area contributed by atoms with E-state index in [1.54, 1.807) is 0 Å². The Morgan fingerprint density at radius 1 is 1.50 bits per heavy atom. The van der Waals surface area contributed by atoms with E-state index in [2.05, 4.69) is 32.6 Å². The van der Waals surface area contributed by atoms with Crippen molar-refractivity contribution in [3.05, 3.63) is 45.7 Å². The number of hydrogen-bond donors (Lipinski definition) is 2. The van der Waals surface area contributed by atoms with E-state index in [1.165, 1.54) is 23.8 Å². The molecule has 0 radical (unpaired) electrons. The van der Waals surface area contributed by atoms with Gasteiger partial charge in [0.15, 0.2) is 0 Å². The number of hydrogen-bond acceptors (Lipinski definition) is 2. The fourth-order valence-corrected chi connectivity index (χ4v) is 2.22. The van der Waals surface area contributed by atoms with Crippen molar-refractivity contribution in [3.63, 3.8) is 0 Å². The molecule has 0 saturated carbocycles. The van der Waals surface area contributed by atoms with Gasteiger partial charge in [-0.3, -0.25) is 4.79 Å². The van der Waals surface area contributed by atoms with Crippen LogP contribution in [0.3, 0.4) is 0 Å². The van der Waals surface area contributed by atoms with Crippen molar-refractivity contribution in [1.82, 2.24) is 10.6 Å². The number of carbonyl (C=O) groups excluding carboxylic acids is 1. The van der Waals surface area contributed by atoms with Crippen LogP contribution in [0.5, 0.6) is 0 Å². The summed E-state index contributed by atoms with van der Waals surface area (Å²) in [6.07, 6.45) is 3.01. The molecular weight excluding hydrogens is 299 g/mol. The number of amides is 1. The van der Waals surface area contributed by atoms with Crippen molar-refractivity contribution in [2.75, 3.05) is 19.6 Å². The molecule has 0 saturated heterocycles. The summed E-state index contributed by atoms with van der Waals surface area (Å²) in [5, 5.41) is 6.01. The molecule has 1 aliphatic heterocycles. The van der Waals surface area contributed by atoms with Gasteiger partial charge in [0.1, 0.15) is 5.82 Å². The van der Waals surface area contributed by atoms with Crippen molar-refractivity contribution in [1.29, 1.82) is 0 Å². The Morgan fingerprint density at radius 3 is 3.06 bits per heavy atom. The summed E-state index contributed by atoms with van der Waals surface area (Å²) in [5.74, 6) is -0.676. The molecule has 1 aromatic carbocycles. The van der Waals surface area contributed by atoms with Gasteiger partial charge in [-0.25, -0.2) is 4.39 Å². The van der Waals surface area contributed by atoms with Crippen LogP contribution in [0.15, 0.2) is 34.3 Å². The second-order valence-corrected chi connectivity index (χ2v) is 4.98. The van der Waals surface area contributed by atoms with E-state index in [0.717, 1.165) is 19.5 Å². The normalized spacial score (nSPS) is 15.1. The number of benzene rings is 1. The Labute approximate surface area is 114 Å². The summed E-state index contributed by atoms with van der Waals surface area (Å²) < 4.78 is 13.7. The van der Waals surface area contributed by atoms with Crippen LogP contribution in [0, 0.1) is 5.82 Å². The molecule has 2 rings (SSSR count). The third-order valence-corrected chi connectivity index (χ3v) is 3.50. The summed E-state index contributed by atoms with van der Waals surface area (Å²) >= 11 is 3.24. The lowest BCUT2D eigenvalue weighted by Gasteiger charge is -2.14. The summed E-state index contributed by atoms with van der Waals surface area (Å²) in [5.41, 5.74) is 1.53. The second kappa shape index (κ2) is 6.11. The van der Waals surface area contributed by atoms with E-state index >= 15 is 0 Å². The van der Waals surface area contributed by atoms with Crippen LogP contribution < -0.4 is 10.6 Å². The zero-order valence-corrected chi connectivity index (χ0v) is 11.4. The summed E-state index contributed by atoms with van der Waals surface area (Å²) in [4.78, 5) is 11.9. The van der Waals surface area contributed by atoms with Crippen molar-refractivity contribution < 1.29 is 9.18 Å². The highest BCUT2D eigenvalue weighted by Gasteiger charge is 2.11. The Balaban J connectivity index is 1.99. The Morgan fingerprint density at radius 2 is 2.33 bits per heavy atom. The van der Waals surface area contributed by atoms with Gasteiger partial charge in [0.05, 0.1) is 5.56 Å². The lowest BCUT2D eigenvalue weighted by Crippen LogP contribution is -2.29. The van der Waals surface area contributed by atoms with Crippen molar-refractivity contribution >= 4 is 21.8 Å². The molecule has 2 N–H and O–H groups in total. The molecule has 96 valence electrons. The Bertz CT molecular complexity index is 488. The molecule has 0 bridgehead atoms. The molecular formula is C13H14BrFN2O. The number of nitrogens with one attached hydrogen (secondary N) is 2. The molecule has 1 aliphatic rings. The highest BCUT2D eigenvalue weighted by atomic mass is 79.9. The van der Waals surface area contributed by atoms with Gasteiger partial charge >= 0.3 is 0 Å². The Kier molecular flexibility index (Phi) is 4.49. The van der Waals surface area contributed by atoms with Crippen LogP contribution in [0.25, 0.3) is 0 Å². The van der Waals surface area contributed by atoms with Gasteiger partial charge < -0.3 is 10.6 Å². The number of carbonyl (C=O) groups is 1. The molecule has 3 nitrogen and oxygen atoms in total. The molecule has 5 heteroatoms. The monoisotopic (exact) mass is 312 g/mol. The van der Waals surface area contributed by atoms with Gasteiger partial charge in [0.2, 0.25) is 0 Å². The van der Waals surface area contributed by atoms with Gasteiger partial charge in [-0.05, 0) is 47.1 Å². The van der Waals surface area contributed by atoms with E-state index in [1.807, 2.05) is 0 Å². The molecule has 18 heavy (non-hydrogen) atoms. The minimum Gasteiger partial charge on any atom is -0.348 e. The van der Waals surface area contributed by atoms with Crippen LogP contribution in [0.4, 0.5) is 4.39 Å². The van der Waals surface area contributed by atoms with Crippen LogP contribution in [-0.4, -0.2) is 25.5 Å². The molecule has 1 aromatic rings. The first-order valence-electron chi connectivity index (χ1n) is 5.78. The maximum atomic E-state index is 13.1. The SMILES string of the molecule is O=C(NCC1=CCNCC1)c1cc(F)ccc1Br. The average molecular weight is 313 g/mol. The highest BCUT2D eigenvalue weighted by molar-refractivity contribution is 9.10. The van der Waals surface area contributed by atoms with Crippen LogP contribution in [0.1, 0.15) is 16.8 Å². The van der Waals surface area contributed by atoms with Crippen LogP contribution in [0.2, 0.25) is 0 Å². The van der Waals surface area contributed by atoms with Gasteiger partial charge in [0.25, 0.3) is 5.91 Å². The van der Waals surface area contributed by atoms with Crippen LogP contribution >= 0.6 is 15.9 Å². The lowest BCUT2D eigenvalue weighted by molar-refractivity contribution is 0.0955. The molecule has 0 spiro atoms. The third kappa shape index (κ3) is 3.40. The van der Waals surface area contributed by atoms with Gasteiger partial charge in [-0.2, -0.15) is 0 Å². The van der Waals surface area contributed by atoms with Gasteiger partial charge in [-0.15, -0.1) is 0 Å². The zero-order valence-electron chi connectivity index (χ0n) is 9.80. The predicted octanol–water partition coefficient (Wildman–Crippen LogP) is 2.24. The van der Waals surface area contributed by atoms with E-state index in [4.69, 9.17) is 0 Å². The van der Waals surface area contributed by atoms with Crippen molar-refractivity contribution in [3.8, 4) is 0 Å². The summed E-state index contributed by atoms with van der Waals surface area (Å²) in [7, 11) is 0. The largest absolute Gasteiger partial charge is 0.348 e. The molecule has 1 heterocycles. The minimum absolute atomic E-state index is 0.263. The average Bonchev–Trinajstić information content (AvgIpc) is 2.40. The van der Waals surface area contributed by atoms with Crippen LogP contribution in [-0.2, 0) is 0 Å². The lowest BCUT2D eigenvalue weighted by atomic mass is 10.1. The van der Waals surface area contributed by atoms with E-state index in [0.29, 0.717) is 16.6 Å². The molecule has 0 atom stereocenters. The van der Waals surface area contributed by atoms with Gasteiger partial charge in [-0.1, -0.05) is 11.6 Å². The topological polar surface area (TPSA) is 41.1 Å². The first-order valence-corrected chi connectivity index (χ1v) is 6.58. The predicted molar refractivity (Wildman–Crippen MR) is 72.0 cm³/mol. The van der Waals surface area contributed by atoms with E-state index < -0.39 is 5.82 Å². The molecule has 0 unspecified atom stereocenters. The standard InChI is InChI=1S/C13H14BrFN2O/c14-12-2-1-10(15)7-11(12)13(18)17-8-9-3-5-16-6-4-9/h1-3,7,16H,4-6,8H2,(H,17,18). The zero-order chi connectivity index (χ0) is 13.0. The van der Waals surface area contributed by atoms with E-state index in [9.17, 15) is 9.18 Å². The van der Waals surface area contributed by atoms with E-state index in [-0.39, 0.29) is 5.91 Å². The summed E-state index contributed by atoms with van der Waals surface area (Å²) in [6.45, 7) is 2.30. The maximum Gasteiger partial charge on any atom is 0.252 e. The molecule has 0 fully saturated rings. The third-order valence-electron chi connectivity index (χ3n) is 2.81. The fourth-order valence-electron chi connectivity index (χ4n) is 1.79. The van der Waals surface area contributed by atoms with Crippen molar-refractivity contribution in [2.45, 2.75) is 6.42 Å². The molecule has 0 aliphatic carbocycles.